The van der Waals surface area contributed by atoms with Gasteiger partial charge in [-0.2, -0.15) is 0 Å². The lowest BCUT2D eigenvalue weighted by molar-refractivity contribution is 0.0651. The summed E-state index contributed by atoms with van der Waals surface area (Å²) in [6.07, 6.45) is 18.4. The number of hydrogen-bond donors (Lipinski definition) is 0. The smallest absolute Gasteiger partial charge is 0.261 e. The first kappa shape index (κ1) is 17.7. The second kappa shape index (κ2) is 8.80. The molecule has 1 aromatic carbocycles. The van der Waals surface area contributed by atoms with Gasteiger partial charge in [-0.25, -0.2) is 0 Å². The summed E-state index contributed by atoms with van der Waals surface area (Å²) in [6, 6.07) is 7.11. The van der Waals surface area contributed by atoms with Gasteiger partial charge in [0, 0.05) is 6.54 Å². The molecule has 132 valence electrons. The molecule has 2 aliphatic rings. The molecular weight excluding hydrogens is 310 g/mol. The monoisotopic (exact) mass is 337 g/mol. The summed E-state index contributed by atoms with van der Waals surface area (Å²) in [5.41, 5.74) is 1.10. The molecule has 1 unspecified atom stereocenters. The van der Waals surface area contributed by atoms with Crippen molar-refractivity contribution in [1.82, 2.24) is 4.90 Å². The van der Waals surface area contributed by atoms with E-state index in [2.05, 4.69) is 24.3 Å². The van der Waals surface area contributed by atoms with Gasteiger partial charge in [0.2, 0.25) is 0 Å². The zero-order valence-corrected chi connectivity index (χ0v) is 14.8. The molecule has 1 aliphatic heterocycles. The Balaban J connectivity index is 1.35. The highest BCUT2D eigenvalue weighted by Crippen LogP contribution is 2.23. The molecule has 1 aromatic rings. The predicted molar refractivity (Wildman–Crippen MR) is 101 cm³/mol. The van der Waals surface area contributed by atoms with Crippen LogP contribution in [0.25, 0.3) is 0 Å². The highest BCUT2D eigenvalue weighted by Gasteiger charge is 2.34. The summed E-state index contributed by atoms with van der Waals surface area (Å²) in [7, 11) is 0. The molecule has 1 heterocycles. The summed E-state index contributed by atoms with van der Waals surface area (Å²) in [6.45, 7) is 0.540. The molecule has 0 saturated carbocycles. The number of hydrogen-bond acceptors (Lipinski definition) is 2. The first-order valence-corrected chi connectivity index (χ1v) is 9.54. The van der Waals surface area contributed by atoms with Gasteiger partial charge < -0.3 is 0 Å². The predicted octanol–water partition coefficient (Wildman–Crippen LogP) is 5.15. The van der Waals surface area contributed by atoms with E-state index in [1.807, 2.05) is 12.1 Å². The van der Waals surface area contributed by atoms with Gasteiger partial charge in [-0.1, -0.05) is 55.7 Å². The molecule has 25 heavy (non-hydrogen) atoms. The van der Waals surface area contributed by atoms with Gasteiger partial charge in [0.25, 0.3) is 11.8 Å². The Bertz CT molecular complexity index is 639. The van der Waals surface area contributed by atoms with Gasteiger partial charge in [-0.05, 0) is 50.2 Å². The molecule has 0 radical (unpaired) electrons. The lowest BCUT2D eigenvalue weighted by Crippen LogP contribution is -2.30. The van der Waals surface area contributed by atoms with E-state index < -0.39 is 0 Å². The number of nitrogens with zero attached hydrogens (tertiary/aromatic N) is 1. The maximum Gasteiger partial charge on any atom is 0.261 e. The number of unbranched alkanes of at least 4 members (excludes halogenated alkanes) is 3. The van der Waals surface area contributed by atoms with Crippen molar-refractivity contribution in [2.24, 2.45) is 5.92 Å². The average molecular weight is 337 g/mol. The van der Waals surface area contributed by atoms with Gasteiger partial charge in [-0.15, -0.1) is 0 Å². The standard InChI is InChI=1S/C22H27NO2/c24-21-19-15-9-10-16-20(19)22(25)23(21)17-11-5-4-8-14-18-12-6-2-1-3-7-13-18/h2,6-7,9-10,13,15-16,18H,1,3-5,8,11-12,14,17H2/b6-2-,13-7-. The molecule has 0 aromatic heterocycles. The Morgan fingerprint density at radius 2 is 1.52 bits per heavy atom. The fraction of sp³-hybridized carbons (Fsp3) is 0.455. The summed E-state index contributed by atoms with van der Waals surface area (Å²) in [5, 5.41) is 0. The van der Waals surface area contributed by atoms with Crippen molar-refractivity contribution < 1.29 is 9.59 Å². The maximum atomic E-state index is 12.3. The number of benzene rings is 1. The minimum absolute atomic E-state index is 0.132. The van der Waals surface area contributed by atoms with Crippen molar-refractivity contribution in [1.29, 1.82) is 0 Å². The molecule has 0 bridgehead atoms. The molecule has 1 atom stereocenters. The van der Waals surface area contributed by atoms with Gasteiger partial charge in [-0.3, -0.25) is 14.5 Å². The van der Waals surface area contributed by atoms with E-state index >= 15 is 0 Å². The Morgan fingerprint density at radius 1 is 0.840 bits per heavy atom. The molecular formula is C22H27NO2. The second-order valence-electron chi connectivity index (χ2n) is 6.98. The summed E-state index contributed by atoms with van der Waals surface area (Å²) in [5.74, 6) is 0.409. The van der Waals surface area contributed by atoms with E-state index in [1.54, 1.807) is 12.1 Å². The Hall–Kier alpha value is -2.16. The fourth-order valence-electron chi connectivity index (χ4n) is 3.63. The van der Waals surface area contributed by atoms with Gasteiger partial charge in [0.05, 0.1) is 11.1 Å². The van der Waals surface area contributed by atoms with E-state index in [4.69, 9.17) is 0 Å². The van der Waals surface area contributed by atoms with Crippen molar-refractivity contribution in [2.75, 3.05) is 6.54 Å². The normalized spacial score (nSPS) is 22.4. The molecule has 3 heteroatoms. The van der Waals surface area contributed by atoms with Crippen LogP contribution < -0.4 is 0 Å². The molecule has 0 fully saturated rings. The SMILES string of the molecule is O=C1c2ccccc2C(=O)N1CCCCCCC1/C=C\CC/C=C\C1. The molecule has 0 spiro atoms. The zero-order chi connectivity index (χ0) is 17.5. The van der Waals surface area contributed by atoms with Crippen LogP contribution in [0.2, 0.25) is 0 Å². The topological polar surface area (TPSA) is 37.4 Å². The second-order valence-corrected chi connectivity index (χ2v) is 6.98. The fourth-order valence-corrected chi connectivity index (χ4v) is 3.63. The average Bonchev–Trinajstić information content (AvgIpc) is 2.84. The third-order valence-corrected chi connectivity index (χ3v) is 5.10. The van der Waals surface area contributed by atoms with Crippen LogP contribution in [0.15, 0.2) is 48.6 Å². The molecule has 3 rings (SSSR count). The highest BCUT2D eigenvalue weighted by atomic mass is 16.2. The van der Waals surface area contributed by atoms with Crippen LogP contribution in [0.5, 0.6) is 0 Å². The Morgan fingerprint density at radius 3 is 2.28 bits per heavy atom. The first-order valence-electron chi connectivity index (χ1n) is 9.54. The van der Waals surface area contributed by atoms with E-state index in [1.165, 1.54) is 24.2 Å². The van der Waals surface area contributed by atoms with Crippen LogP contribution in [0.3, 0.4) is 0 Å². The maximum absolute atomic E-state index is 12.3. The Kier molecular flexibility index (Phi) is 6.21. The summed E-state index contributed by atoms with van der Waals surface area (Å²) < 4.78 is 0. The zero-order valence-electron chi connectivity index (χ0n) is 14.8. The van der Waals surface area contributed by atoms with Crippen LogP contribution >= 0.6 is 0 Å². The highest BCUT2D eigenvalue weighted by molar-refractivity contribution is 6.21. The molecule has 0 N–H and O–H groups in total. The van der Waals surface area contributed by atoms with Crippen molar-refractivity contribution in [3.63, 3.8) is 0 Å². The number of imide groups is 1. The van der Waals surface area contributed by atoms with Crippen LogP contribution in [0.4, 0.5) is 0 Å². The van der Waals surface area contributed by atoms with Gasteiger partial charge in [0.1, 0.15) is 0 Å². The minimum Gasteiger partial charge on any atom is -0.274 e. The van der Waals surface area contributed by atoms with Crippen molar-refractivity contribution in [2.45, 2.75) is 51.4 Å². The lowest BCUT2D eigenvalue weighted by Gasteiger charge is -2.14. The third-order valence-electron chi connectivity index (χ3n) is 5.10. The van der Waals surface area contributed by atoms with Crippen LogP contribution in [-0.4, -0.2) is 23.3 Å². The number of fused-ring (bicyclic) bond motifs is 1. The molecule has 2 amide bonds. The van der Waals surface area contributed by atoms with Crippen LogP contribution in [0, 0.1) is 5.92 Å². The number of rotatable bonds is 7. The summed E-state index contributed by atoms with van der Waals surface area (Å²) >= 11 is 0. The third kappa shape index (κ3) is 4.47. The van der Waals surface area contributed by atoms with Crippen LogP contribution in [0.1, 0.15) is 72.1 Å². The molecule has 1 aliphatic carbocycles. The molecule has 0 saturated heterocycles. The number of carbonyl (C=O) groups is 2. The van der Waals surface area contributed by atoms with E-state index in [0.29, 0.717) is 23.6 Å². The van der Waals surface area contributed by atoms with Crippen molar-refractivity contribution >= 4 is 11.8 Å². The first-order chi connectivity index (χ1) is 12.3. The quantitative estimate of drug-likeness (QED) is 0.392. The van der Waals surface area contributed by atoms with Crippen LogP contribution in [-0.2, 0) is 0 Å². The van der Waals surface area contributed by atoms with Gasteiger partial charge in [0.15, 0.2) is 0 Å². The molecule has 3 nitrogen and oxygen atoms in total. The van der Waals surface area contributed by atoms with Crippen molar-refractivity contribution in [3.05, 3.63) is 59.7 Å². The summed E-state index contributed by atoms with van der Waals surface area (Å²) in [4.78, 5) is 26.0. The Labute approximate surface area is 150 Å². The van der Waals surface area contributed by atoms with E-state index in [0.717, 1.165) is 32.1 Å². The lowest BCUT2D eigenvalue weighted by atomic mass is 9.95. The largest absolute Gasteiger partial charge is 0.274 e. The number of carbonyl (C=O) groups excluding carboxylic acids is 2. The van der Waals surface area contributed by atoms with Crippen molar-refractivity contribution in [3.8, 4) is 0 Å². The van der Waals surface area contributed by atoms with E-state index in [-0.39, 0.29) is 11.8 Å². The number of amides is 2. The number of allylic oxidation sites excluding steroid dienone is 4. The minimum atomic E-state index is -0.132. The van der Waals surface area contributed by atoms with E-state index in [9.17, 15) is 9.59 Å². The van der Waals surface area contributed by atoms with Gasteiger partial charge >= 0.3 is 0 Å².